The predicted molar refractivity (Wildman–Crippen MR) is 104 cm³/mol. The number of rotatable bonds is 4. The summed E-state index contributed by atoms with van der Waals surface area (Å²) in [5.74, 6) is 1.57. The van der Waals surface area contributed by atoms with Gasteiger partial charge in [0.25, 0.3) is 0 Å². The van der Waals surface area contributed by atoms with Crippen molar-refractivity contribution in [3.05, 3.63) is 58.1 Å². The van der Waals surface area contributed by atoms with Crippen molar-refractivity contribution in [1.82, 2.24) is 20.1 Å². The van der Waals surface area contributed by atoms with Gasteiger partial charge in [0.15, 0.2) is 11.6 Å². The Balaban J connectivity index is 1.99. The highest BCUT2D eigenvalue weighted by molar-refractivity contribution is 5.67. The molecule has 25 heavy (non-hydrogen) atoms. The van der Waals surface area contributed by atoms with E-state index >= 15 is 0 Å². The fourth-order valence-corrected chi connectivity index (χ4v) is 3.14. The van der Waals surface area contributed by atoms with Crippen LogP contribution in [0.2, 0.25) is 0 Å². The lowest BCUT2D eigenvalue weighted by Gasteiger charge is -2.12. The molecule has 0 unspecified atom stereocenters. The van der Waals surface area contributed by atoms with E-state index < -0.39 is 0 Å². The van der Waals surface area contributed by atoms with Gasteiger partial charge in [0.2, 0.25) is 0 Å². The van der Waals surface area contributed by atoms with Crippen LogP contribution in [0.15, 0.2) is 30.3 Å². The van der Waals surface area contributed by atoms with Crippen LogP contribution in [-0.4, -0.2) is 34.2 Å². The molecular weight excluding hydrogens is 308 g/mol. The van der Waals surface area contributed by atoms with Crippen LogP contribution in [0, 0.1) is 27.7 Å². The molecule has 4 heteroatoms. The number of hydrogen-bond donors (Lipinski definition) is 1. The molecule has 0 spiro atoms. The first-order valence-electron chi connectivity index (χ1n) is 8.61. The topological polar surface area (TPSA) is 44.8 Å². The first-order valence-corrected chi connectivity index (χ1v) is 8.61. The molecular formula is C21H26N4. The van der Waals surface area contributed by atoms with Crippen molar-refractivity contribution in [3.63, 3.8) is 0 Å². The molecule has 1 heterocycles. The fraction of sp³-hybridized carbons (Fsp3) is 0.333. The third-order valence-corrected chi connectivity index (χ3v) is 4.91. The number of hydrogen-bond acceptors (Lipinski definition) is 3. The van der Waals surface area contributed by atoms with Crippen LogP contribution in [0.3, 0.4) is 0 Å². The third kappa shape index (κ3) is 3.49. The lowest BCUT2D eigenvalue weighted by atomic mass is 9.94. The molecule has 0 amide bonds. The standard InChI is InChI=1S/C21H26N4/c1-13-10-19(16(4)15(3)14(13)2)21-22-20(23-24-21)18-9-7-8-17(11-18)12-25(5)6/h7-11H,12H2,1-6H3,(H,22,23,24). The molecule has 1 aromatic heterocycles. The average molecular weight is 334 g/mol. The van der Waals surface area contributed by atoms with Crippen molar-refractivity contribution in [2.75, 3.05) is 14.1 Å². The van der Waals surface area contributed by atoms with Crippen molar-refractivity contribution in [2.45, 2.75) is 34.2 Å². The Morgan fingerprint density at radius 1 is 0.960 bits per heavy atom. The molecule has 0 bridgehead atoms. The summed E-state index contributed by atoms with van der Waals surface area (Å²) in [5, 5.41) is 7.58. The van der Waals surface area contributed by atoms with E-state index in [2.05, 4.69) is 87.2 Å². The molecule has 0 radical (unpaired) electrons. The zero-order valence-electron chi connectivity index (χ0n) is 15.9. The molecule has 0 saturated carbocycles. The Labute approximate surface area is 149 Å². The molecule has 130 valence electrons. The van der Waals surface area contributed by atoms with Crippen molar-refractivity contribution < 1.29 is 0 Å². The molecule has 3 aromatic rings. The summed E-state index contributed by atoms with van der Waals surface area (Å²) < 4.78 is 0. The molecule has 2 aromatic carbocycles. The maximum Gasteiger partial charge on any atom is 0.181 e. The number of benzene rings is 2. The van der Waals surface area contributed by atoms with E-state index in [0.29, 0.717) is 0 Å². The summed E-state index contributed by atoms with van der Waals surface area (Å²) in [4.78, 5) is 6.92. The lowest BCUT2D eigenvalue weighted by Crippen LogP contribution is -2.10. The second-order valence-electron chi connectivity index (χ2n) is 7.06. The third-order valence-electron chi connectivity index (χ3n) is 4.91. The van der Waals surface area contributed by atoms with Crippen molar-refractivity contribution >= 4 is 0 Å². The van der Waals surface area contributed by atoms with Crippen LogP contribution in [0.25, 0.3) is 22.8 Å². The quantitative estimate of drug-likeness (QED) is 0.767. The first kappa shape index (κ1) is 17.4. The first-order chi connectivity index (χ1) is 11.9. The van der Waals surface area contributed by atoms with Gasteiger partial charge in [0, 0.05) is 17.7 Å². The minimum absolute atomic E-state index is 0.742. The van der Waals surface area contributed by atoms with Crippen LogP contribution in [0.4, 0.5) is 0 Å². The van der Waals surface area contributed by atoms with E-state index in [-0.39, 0.29) is 0 Å². The molecule has 4 nitrogen and oxygen atoms in total. The summed E-state index contributed by atoms with van der Waals surface area (Å²) in [6.45, 7) is 9.54. The van der Waals surface area contributed by atoms with E-state index in [9.17, 15) is 0 Å². The summed E-state index contributed by atoms with van der Waals surface area (Å²) in [6, 6.07) is 10.6. The van der Waals surface area contributed by atoms with E-state index in [4.69, 9.17) is 4.98 Å². The Bertz CT molecular complexity index is 906. The fourth-order valence-electron chi connectivity index (χ4n) is 3.14. The molecule has 0 aliphatic heterocycles. The van der Waals surface area contributed by atoms with E-state index in [1.54, 1.807) is 0 Å². The molecule has 0 aliphatic rings. The van der Waals surface area contributed by atoms with Gasteiger partial charge in [-0.05, 0) is 81.7 Å². The Morgan fingerprint density at radius 2 is 1.72 bits per heavy atom. The number of nitrogens with one attached hydrogen (secondary N) is 1. The second-order valence-corrected chi connectivity index (χ2v) is 7.06. The van der Waals surface area contributed by atoms with Crippen molar-refractivity contribution in [2.24, 2.45) is 0 Å². The Hall–Kier alpha value is -2.46. The van der Waals surface area contributed by atoms with Gasteiger partial charge < -0.3 is 4.90 Å². The predicted octanol–water partition coefficient (Wildman–Crippen LogP) is 4.43. The SMILES string of the molecule is Cc1cc(-c2nc(-c3cccc(CN(C)C)c3)n[nH]2)c(C)c(C)c1C. The van der Waals surface area contributed by atoms with Gasteiger partial charge >= 0.3 is 0 Å². The Kier molecular flexibility index (Phi) is 4.73. The van der Waals surface area contributed by atoms with E-state index in [1.165, 1.54) is 27.8 Å². The molecule has 0 saturated heterocycles. The maximum atomic E-state index is 4.76. The van der Waals surface area contributed by atoms with E-state index in [0.717, 1.165) is 29.3 Å². The lowest BCUT2D eigenvalue weighted by molar-refractivity contribution is 0.402. The monoisotopic (exact) mass is 334 g/mol. The molecule has 0 atom stereocenters. The Morgan fingerprint density at radius 3 is 2.44 bits per heavy atom. The molecule has 1 N–H and O–H groups in total. The van der Waals surface area contributed by atoms with Crippen LogP contribution in [0.5, 0.6) is 0 Å². The number of aryl methyl sites for hydroxylation is 1. The highest BCUT2D eigenvalue weighted by Gasteiger charge is 2.14. The number of aromatic amines is 1. The van der Waals surface area contributed by atoms with Gasteiger partial charge in [-0.3, -0.25) is 5.10 Å². The van der Waals surface area contributed by atoms with E-state index in [1.807, 2.05) is 0 Å². The van der Waals surface area contributed by atoms with Crippen molar-refractivity contribution in [3.8, 4) is 22.8 Å². The zero-order valence-corrected chi connectivity index (χ0v) is 15.9. The van der Waals surface area contributed by atoms with Crippen LogP contribution >= 0.6 is 0 Å². The van der Waals surface area contributed by atoms with Gasteiger partial charge in [0.1, 0.15) is 0 Å². The average Bonchev–Trinajstić information content (AvgIpc) is 3.06. The highest BCUT2D eigenvalue weighted by atomic mass is 15.2. The number of nitrogens with zero attached hydrogens (tertiary/aromatic N) is 3. The molecule has 0 aliphatic carbocycles. The number of aromatic nitrogens is 3. The van der Waals surface area contributed by atoms with Gasteiger partial charge in [-0.25, -0.2) is 4.98 Å². The molecule has 3 rings (SSSR count). The summed E-state index contributed by atoms with van der Waals surface area (Å²) in [6.07, 6.45) is 0. The van der Waals surface area contributed by atoms with Gasteiger partial charge in [-0.1, -0.05) is 18.2 Å². The van der Waals surface area contributed by atoms with Gasteiger partial charge in [0.05, 0.1) is 0 Å². The van der Waals surface area contributed by atoms with Gasteiger partial charge in [-0.15, -0.1) is 0 Å². The van der Waals surface area contributed by atoms with Crippen LogP contribution < -0.4 is 0 Å². The minimum Gasteiger partial charge on any atom is -0.305 e. The highest BCUT2D eigenvalue weighted by Crippen LogP contribution is 2.29. The minimum atomic E-state index is 0.742. The van der Waals surface area contributed by atoms with Crippen LogP contribution in [0.1, 0.15) is 27.8 Å². The normalized spacial score (nSPS) is 11.3. The van der Waals surface area contributed by atoms with Gasteiger partial charge in [-0.2, -0.15) is 5.10 Å². The smallest absolute Gasteiger partial charge is 0.181 e. The van der Waals surface area contributed by atoms with Crippen molar-refractivity contribution in [1.29, 1.82) is 0 Å². The summed E-state index contributed by atoms with van der Waals surface area (Å²) in [5.41, 5.74) is 8.63. The van der Waals surface area contributed by atoms with Crippen LogP contribution in [-0.2, 0) is 6.54 Å². The summed E-state index contributed by atoms with van der Waals surface area (Å²) in [7, 11) is 4.14. The second kappa shape index (κ2) is 6.81. The number of H-pyrrole nitrogens is 1. The maximum absolute atomic E-state index is 4.76. The largest absolute Gasteiger partial charge is 0.305 e. The zero-order chi connectivity index (χ0) is 18.1. The summed E-state index contributed by atoms with van der Waals surface area (Å²) >= 11 is 0. The molecule has 0 fully saturated rings.